The smallest absolute Gasteiger partial charge is 0.342 e. The van der Waals surface area contributed by atoms with Crippen molar-refractivity contribution >= 4 is 41.1 Å². The normalized spacial score (nSPS) is 11.0. The molecule has 2 amide bonds. The lowest BCUT2D eigenvalue weighted by Gasteiger charge is -2.19. The molecule has 0 radical (unpaired) electrons. The van der Waals surface area contributed by atoms with Crippen LogP contribution in [0.3, 0.4) is 0 Å². The quantitative estimate of drug-likeness (QED) is 0.0869. The molecule has 0 aliphatic carbocycles. The van der Waals surface area contributed by atoms with E-state index >= 15 is 0 Å². The number of ether oxygens (including phenoxy) is 1. The zero-order valence-corrected chi connectivity index (χ0v) is 17.5. The molecule has 2 aromatic rings. The van der Waals surface area contributed by atoms with Crippen LogP contribution >= 0.6 is 0 Å². The number of hydrogen-bond donors (Lipinski definition) is 7. The van der Waals surface area contributed by atoms with Crippen LogP contribution in [0.2, 0.25) is 0 Å². The Labute approximate surface area is 188 Å². The number of aliphatic carboxylic acids is 1. The Morgan fingerprint density at radius 2 is 1.82 bits per heavy atom. The summed E-state index contributed by atoms with van der Waals surface area (Å²) in [7, 11) is 0. The first kappa shape index (κ1) is 24.7. The van der Waals surface area contributed by atoms with E-state index in [1.54, 1.807) is 24.3 Å². The van der Waals surface area contributed by atoms with Gasteiger partial charge in [-0.1, -0.05) is 18.2 Å². The van der Waals surface area contributed by atoms with Gasteiger partial charge in [-0.15, -0.1) is 0 Å². The molecule has 0 bridgehead atoms. The number of nitrogen functional groups attached to an aromatic ring is 1. The van der Waals surface area contributed by atoms with Crippen LogP contribution in [0.4, 0.5) is 11.4 Å². The van der Waals surface area contributed by atoms with E-state index in [0.717, 1.165) is 0 Å². The van der Waals surface area contributed by atoms with Crippen molar-refractivity contribution in [3.8, 4) is 0 Å². The van der Waals surface area contributed by atoms with E-state index in [1.165, 1.54) is 24.3 Å². The van der Waals surface area contributed by atoms with Crippen molar-refractivity contribution in [3.63, 3.8) is 0 Å². The maximum atomic E-state index is 12.4. The fraction of sp³-hybridized carbons (Fsp3) is 0.190. The maximum Gasteiger partial charge on any atom is 0.342 e. The number of carboxylic acids is 1. The van der Waals surface area contributed by atoms with Gasteiger partial charge in [0.1, 0.15) is 0 Å². The fourth-order valence-corrected chi connectivity index (χ4v) is 2.68. The Bertz CT molecular complexity index is 1060. The molecule has 12 nitrogen and oxygen atoms in total. The van der Waals surface area contributed by atoms with Crippen LogP contribution in [0, 0.1) is 5.41 Å². The van der Waals surface area contributed by atoms with Crippen molar-refractivity contribution in [2.24, 2.45) is 5.73 Å². The number of benzene rings is 2. The van der Waals surface area contributed by atoms with Gasteiger partial charge in [-0.3, -0.25) is 19.8 Å². The van der Waals surface area contributed by atoms with Crippen molar-refractivity contribution in [2.75, 3.05) is 17.6 Å². The third-order valence-corrected chi connectivity index (χ3v) is 4.19. The number of anilines is 2. The van der Waals surface area contributed by atoms with Crippen molar-refractivity contribution in [2.45, 2.75) is 19.1 Å². The minimum absolute atomic E-state index is 0.0689. The predicted octanol–water partition coefficient (Wildman–Crippen LogP) is 0.468. The highest BCUT2D eigenvalue weighted by molar-refractivity contribution is 5.98. The summed E-state index contributed by atoms with van der Waals surface area (Å²) in [6.07, 6.45) is -1.81. The third-order valence-electron chi connectivity index (χ3n) is 4.19. The summed E-state index contributed by atoms with van der Waals surface area (Å²) in [5.41, 5.74) is 11.9. The van der Waals surface area contributed by atoms with E-state index in [1.807, 2.05) is 0 Å². The molecule has 33 heavy (non-hydrogen) atoms. The molecule has 0 saturated carbocycles. The highest BCUT2D eigenvalue weighted by atomic mass is 16.6. The standard InChI is InChI=1S/C21H24N6O6/c22-15-7-2-1-6-14(15)20(32)33-17(8-9-18(29)30)27-16(28)11-25-19(31)12-4-3-5-13(10-12)26-21(23)24/h1-7,10,17H,8-9,11,22H2,(H,25,31)(H,27,28)(H,29,30)(H4,23,24,26). The summed E-state index contributed by atoms with van der Waals surface area (Å²) in [5, 5.41) is 23.5. The topological polar surface area (TPSA) is 210 Å². The molecule has 0 aliphatic heterocycles. The molecule has 0 aliphatic rings. The molecule has 0 aromatic heterocycles. The SMILES string of the molecule is N=C(N)Nc1cccc(C(=O)NCC(=O)NC(CCC(=O)O)OC(=O)c2ccccc2N)c1. The molecule has 12 heteroatoms. The highest BCUT2D eigenvalue weighted by Crippen LogP contribution is 2.14. The number of nitrogens with one attached hydrogen (secondary N) is 4. The fourth-order valence-electron chi connectivity index (χ4n) is 2.68. The van der Waals surface area contributed by atoms with E-state index in [-0.39, 0.29) is 35.6 Å². The third kappa shape index (κ3) is 8.20. The highest BCUT2D eigenvalue weighted by Gasteiger charge is 2.21. The van der Waals surface area contributed by atoms with Gasteiger partial charge in [-0.2, -0.15) is 0 Å². The molecular formula is C21H24N6O6. The number of hydrogen-bond acceptors (Lipinski definition) is 7. The summed E-state index contributed by atoms with van der Waals surface area (Å²) >= 11 is 0. The van der Waals surface area contributed by atoms with Crippen molar-refractivity contribution in [1.29, 1.82) is 5.41 Å². The second kappa shape index (κ2) is 11.7. The van der Waals surface area contributed by atoms with Crippen LogP contribution in [0.25, 0.3) is 0 Å². The van der Waals surface area contributed by atoms with Crippen molar-refractivity contribution in [1.82, 2.24) is 10.6 Å². The number of carboxylic acid groups (broad SMARTS) is 1. The molecule has 174 valence electrons. The number of esters is 1. The Morgan fingerprint density at radius 3 is 2.48 bits per heavy atom. The number of nitrogens with two attached hydrogens (primary N) is 2. The van der Waals surface area contributed by atoms with Crippen LogP contribution in [0.1, 0.15) is 33.6 Å². The van der Waals surface area contributed by atoms with E-state index in [2.05, 4.69) is 16.0 Å². The number of para-hydroxylation sites is 1. The molecule has 2 aromatic carbocycles. The van der Waals surface area contributed by atoms with Gasteiger partial charge in [0.25, 0.3) is 5.91 Å². The van der Waals surface area contributed by atoms with E-state index in [4.69, 9.17) is 26.7 Å². The van der Waals surface area contributed by atoms with Gasteiger partial charge in [-0.05, 0) is 30.3 Å². The summed E-state index contributed by atoms with van der Waals surface area (Å²) in [5.74, 6) is -3.55. The first-order valence-corrected chi connectivity index (χ1v) is 9.71. The molecule has 9 N–H and O–H groups in total. The van der Waals surface area contributed by atoms with Gasteiger partial charge in [0, 0.05) is 23.4 Å². The minimum atomic E-state index is -1.25. The average molecular weight is 456 g/mol. The second-order valence-electron chi connectivity index (χ2n) is 6.78. The number of rotatable bonds is 10. The van der Waals surface area contributed by atoms with Crippen LogP contribution in [0.15, 0.2) is 48.5 Å². The van der Waals surface area contributed by atoms with Crippen LogP contribution in [-0.2, 0) is 14.3 Å². The Hall–Kier alpha value is -4.61. The van der Waals surface area contributed by atoms with Crippen LogP contribution < -0.4 is 27.4 Å². The molecular weight excluding hydrogens is 432 g/mol. The first-order chi connectivity index (χ1) is 15.7. The van der Waals surface area contributed by atoms with E-state index in [9.17, 15) is 19.2 Å². The largest absolute Gasteiger partial charge is 0.481 e. The van der Waals surface area contributed by atoms with Gasteiger partial charge in [0.05, 0.1) is 18.5 Å². The number of carbonyl (C=O) groups excluding carboxylic acids is 3. The second-order valence-corrected chi connectivity index (χ2v) is 6.78. The van der Waals surface area contributed by atoms with E-state index in [0.29, 0.717) is 5.69 Å². The number of carbonyl (C=O) groups is 4. The molecule has 1 atom stereocenters. The Morgan fingerprint density at radius 1 is 1.09 bits per heavy atom. The van der Waals surface area contributed by atoms with Gasteiger partial charge in [0.15, 0.2) is 12.2 Å². The van der Waals surface area contributed by atoms with Gasteiger partial charge < -0.3 is 37.3 Å². The molecule has 1 unspecified atom stereocenters. The van der Waals surface area contributed by atoms with Gasteiger partial charge >= 0.3 is 11.9 Å². The molecule has 0 saturated heterocycles. The van der Waals surface area contributed by atoms with Crippen molar-refractivity contribution < 1.29 is 29.0 Å². The van der Waals surface area contributed by atoms with Crippen LogP contribution in [0.5, 0.6) is 0 Å². The maximum absolute atomic E-state index is 12.4. The van der Waals surface area contributed by atoms with Crippen molar-refractivity contribution in [3.05, 3.63) is 59.7 Å². The van der Waals surface area contributed by atoms with Gasteiger partial charge in [0.2, 0.25) is 5.91 Å². The summed E-state index contributed by atoms with van der Waals surface area (Å²) in [6, 6.07) is 12.2. The lowest BCUT2D eigenvalue weighted by Crippen LogP contribution is -2.44. The minimum Gasteiger partial charge on any atom is -0.481 e. The number of guanidine groups is 1. The van der Waals surface area contributed by atoms with Crippen LogP contribution in [-0.4, -0.2) is 47.6 Å². The Balaban J connectivity index is 1.97. The summed E-state index contributed by atoms with van der Waals surface area (Å²) in [4.78, 5) is 47.9. The lowest BCUT2D eigenvalue weighted by atomic mass is 10.2. The lowest BCUT2D eigenvalue weighted by molar-refractivity contribution is -0.138. The zero-order valence-electron chi connectivity index (χ0n) is 17.5. The zero-order chi connectivity index (χ0) is 24.4. The molecule has 0 heterocycles. The summed E-state index contributed by atoms with van der Waals surface area (Å²) in [6.45, 7) is -0.461. The molecule has 0 fully saturated rings. The monoisotopic (exact) mass is 456 g/mol. The molecule has 0 spiro atoms. The average Bonchev–Trinajstić information content (AvgIpc) is 2.75. The van der Waals surface area contributed by atoms with E-state index < -0.39 is 36.5 Å². The Kier molecular flexibility index (Phi) is 8.74. The predicted molar refractivity (Wildman–Crippen MR) is 119 cm³/mol. The molecule has 2 rings (SSSR count). The number of amides is 2. The van der Waals surface area contributed by atoms with Gasteiger partial charge in [-0.25, -0.2) is 4.79 Å². The first-order valence-electron chi connectivity index (χ1n) is 9.71. The summed E-state index contributed by atoms with van der Waals surface area (Å²) < 4.78 is 5.22.